The molecule has 0 unspecified atom stereocenters. The van der Waals surface area contributed by atoms with Gasteiger partial charge in [-0.25, -0.2) is 8.42 Å². The van der Waals surface area contributed by atoms with Crippen LogP contribution in [0.1, 0.15) is 35.7 Å². The van der Waals surface area contributed by atoms with E-state index < -0.39 is 9.84 Å². The first kappa shape index (κ1) is 13.8. The highest BCUT2D eigenvalue weighted by molar-refractivity contribution is 7.91. The van der Waals surface area contributed by atoms with Crippen LogP contribution in [-0.4, -0.2) is 30.7 Å². The van der Waals surface area contributed by atoms with Crippen LogP contribution >= 0.6 is 0 Å². The number of hydrogen-bond donors (Lipinski definition) is 0. The summed E-state index contributed by atoms with van der Waals surface area (Å²) in [5.41, 5.74) is 1.46. The van der Waals surface area contributed by atoms with E-state index in [0.717, 1.165) is 5.56 Å². The SMILES string of the molecule is CCS(=O)(=O)CCCC(=O)c1cnccc1C. The van der Waals surface area contributed by atoms with Crippen molar-refractivity contribution in [1.82, 2.24) is 4.98 Å². The van der Waals surface area contributed by atoms with Gasteiger partial charge in [0.25, 0.3) is 0 Å². The maximum absolute atomic E-state index is 11.8. The molecule has 0 amide bonds. The molecule has 0 radical (unpaired) electrons. The monoisotopic (exact) mass is 255 g/mol. The first-order chi connectivity index (χ1) is 7.96. The van der Waals surface area contributed by atoms with Crippen molar-refractivity contribution < 1.29 is 13.2 Å². The normalized spacial score (nSPS) is 11.4. The molecule has 0 aliphatic carbocycles. The summed E-state index contributed by atoms with van der Waals surface area (Å²) in [5.74, 6) is 0.170. The van der Waals surface area contributed by atoms with Gasteiger partial charge in [-0.05, 0) is 25.0 Å². The second-order valence-corrected chi connectivity index (χ2v) is 6.43. The van der Waals surface area contributed by atoms with Crippen LogP contribution in [0.25, 0.3) is 0 Å². The number of ketones is 1. The van der Waals surface area contributed by atoms with Gasteiger partial charge in [0, 0.05) is 30.1 Å². The summed E-state index contributed by atoms with van der Waals surface area (Å²) in [6, 6.07) is 1.77. The zero-order valence-corrected chi connectivity index (χ0v) is 11.0. The Morgan fingerprint density at radius 3 is 2.71 bits per heavy atom. The van der Waals surface area contributed by atoms with E-state index in [1.54, 1.807) is 19.2 Å². The fourth-order valence-electron chi connectivity index (χ4n) is 1.49. The van der Waals surface area contributed by atoms with Crippen molar-refractivity contribution in [3.05, 3.63) is 29.6 Å². The van der Waals surface area contributed by atoms with Gasteiger partial charge < -0.3 is 0 Å². The Balaban J connectivity index is 2.55. The highest BCUT2D eigenvalue weighted by atomic mass is 32.2. The summed E-state index contributed by atoms with van der Waals surface area (Å²) in [5, 5.41) is 0. The highest BCUT2D eigenvalue weighted by Crippen LogP contribution is 2.10. The summed E-state index contributed by atoms with van der Waals surface area (Å²) in [6.07, 6.45) is 3.80. The lowest BCUT2D eigenvalue weighted by Crippen LogP contribution is -2.11. The predicted molar refractivity (Wildman–Crippen MR) is 66.9 cm³/mol. The van der Waals surface area contributed by atoms with Gasteiger partial charge in [-0.1, -0.05) is 6.92 Å². The molecule has 0 atom stereocenters. The van der Waals surface area contributed by atoms with Crippen LogP contribution in [0.5, 0.6) is 0 Å². The van der Waals surface area contributed by atoms with Gasteiger partial charge in [-0.3, -0.25) is 9.78 Å². The third kappa shape index (κ3) is 4.26. The molecular formula is C12H17NO3S. The van der Waals surface area contributed by atoms with Crippen LogP contribution in [-0.2, 0) is 9.84 Å². The molecule has 0 bridgehead atoms. The van der Waals surface area contributed by atoms with Crippen molar-refractivity contribution in [1.29, 1.82) is 0 Å². The topological polar surface area (TPSA) is 64.1 Å². The van der Waals surface area contributed by atoms with Crippen molar-refractivity contribution in [3.63, 3.8) is 0 Å². The minimum absolute atomic E-state index is 0.0399. The second kappa shape index (κ2) is 5.91. The van der Waals surface area contributed by atoms with Crippen LogP contribution < -0.4 is 0 Å². The Kier molecular flexibility index (Phi) is 4.81. The van der Waals surface area contributed by atoms with Crippen LogP contribution in [0.4, 0.5) is 0 Å². The number of carbonyl (C=O) groups is 1. The molecule has 0 aliphatic heterocycles. The van der Waals surface area contributed by atoms with Gasteiger partial charge >= 0.3 is 0 Å². The Hall–Kier alpha value is -1.23. The fourth-order valence-corrected chi connectivity index (χ4v) is 2.36. The Morgan fingerprint density at radius 1 is 1.41 bits per heavy atom. The number of Topliss-reactive ketones (excluding diaryl/α,β-unsaturated/α-hetero) is 1. The van der Waals surface area contributed by atoms with Crippen molar-refractivity contribution in [2.75, 3.05) is 11.5 Å². The third-order valence-electron chi connectivity index (χ3n) is 2.64. The van der Waals surface area contributed by atoms with Crippen molar-refractivity contribution in [3.8, 4) is 0 Å². The van der Waals surface area contributed by atoms with Gasteiger partial charge in [0.1, 0.15) is 9.84 Å². The Labute approximate surface area is 102 Å². The molecule has 0 spiro atoms. The largest absolute Gasteiger partial charge is 0.294 e. The van der Waals surface area contributed by atoms with E-state index in [1.807, 2.05) is 6.92 Å². The van der Waals surface area contributed by atoms with Gasteiger partial charge in [-0.15, -0.1) is 0 Å². The van der Waals surface area contributed by atoms with Gasteiger partial charge in [0.05, 0.1) is 5.75 Å². The maximum atomic E-state index is 11.8. The molecule has 1 heterocycles. The zero-order valence-electron chi connectivity index (χ0n) is 10.1. The number of aryl methyl sites for hydroxylation is 1. The Morgan fingerprint density at radius 2 is 2.12 bits per heavy atom. The van der Waals surface area contributed by atoms with Crippen molar-refractivity contribution in [2.24, 2.45) is 0 Å². The lowest BCUT2D eigenvalue weighted by atomic mass is 10.0. The summed E-state index contributed by atoms with van der Waals surface area (Å²) in [6.45, 7) is 3.46. The van der Waals surface area contributed by atoms with Crippen LogP contribution in [0, 0.1) is 6.92 Å². The second-order valence-electron chi connectivity index (χ2n) is 3.95. The van der Waals surface area contributed by atoms with E-state index in [2.05, 4.69) is 4.98 Å². The van der Waals surface area contributed by atoms with Gasteiger partial charge in [0.15, 0.2) is 5.78 Å². The lowest BCUT2D eigenvalue weighted by Gasteiger charge is -2.04. The van der Waals surface area contributed by atoms with Gasteiger partial charge in [-0.2, -0.15) is 0 Å². The molecular weight excluding hydrogens is 238 g/mol. The van der Waals surface area contributed by atoms with E-state index in [4.69, 9.17) is 0 Å². The average molecular weight is 255 g/mol. The number of nitrogens with zero attached hydrogens (tertiary/aromatic N) is 1. The first-order valence-corrected chi connectivity index (χ1v) is 7.42. The number of carbonyl (C=O) groups excluding carboxylic acids is 1. The van der Waals surface area contributed by atoms with E-state index in [-0.39, 0.29) is 23.7 Å². The van der Waals surface area contributed by atoms with E-state index in [0.29, 0.717) is 12.0 Å². The average Bonchev–Trinajstić information content (AvgIpc) is 2.29. The number of rotatable bonds is 6. The molecule has 1 aromatic rings. The molecule has 0 fully saturated rings. The number of sulfone groups is 1. The number of pyridine rings is 1. The van der Waals surface area contributed by atoms with Crippen molar-refractivity contribution in [2.45, 2.75) is 26.7 Å². The fraction of sp³-hybridized carbons (Fsp3) is 0.500. The smallest absolute Gasteiger partial charge is 0.164 e. The van der Waals surface area contributed by atoms with E-state index in [1.165, 1.54) is 6.20 Å². The standard InChI is InChI=1S/C12H17NO3S/c1-3-17(15,16)8-4-5-12(14)11-9-13-7-6-10(11)2/h6-7,9H,3-5,8H2,1-2H3. The summed E-state index contributed by atoms with van der Waals surface area (Å²) in [4.78, 5) is 15.7. The van der Waals surface area contributed by atoms with Crippen LogP contribution in [0.2, 0.25) is 0 Å². The molecule has 0 N–H and O–H groups in total. The van der Waals surface area contributed by atoms with Crippen LogP contribution in [0.3, 0.4) is 0 Å². The molecule has 0 aromatic carbocycles. The summed E-state index contributed by atoms with van der Waals surface area (Å²) >= 11 is 0. The Bertz CT molecular complexity index is 494. The lowest BCUT2D eigenvalue weighted by molar-refractivity contribution is 0.0981. The maximum Gasteiger partial charge on any atom is 0.164 e. The molecule has 4 nitrogen and oxygen atoms in total. The highest BCUT2D eigenvalue weighted by Gasteiger charge is 2.12. The molecule has 94 valence electrons. The number of aromatic nitrogens is 1. The quantitative estimate of drug-likeness (QED) is 0.727. The molecule has 1 aromatic heterocycles. The summed E-state index contributed by atoms with van der Waals surface area (Å²) < 4.78 is 22.5. The summed E-state index contributed by atoms with van der Waals surface area (Å²) in [7, 11) is -2.98. The third-order valence-corrected chi connectivity index (χ3v) is 4.43. The minimum atomic E-state index is -2.98. The minimum Gasteiger partial charge on any atom is -0.294 e. The number of hydrogen-bond acceptors (Lipinski definition) is 4. The first-order valence-electron chi connectivity index (χ1n) is 5.60. The van der Waals surface area contributed by atoms with Gasteiger partial charge in [0.2, 0.25) is 0 Å². The molecule has 0 aliphatic rings. The zero-order chi connectivity index (χ0) is 12.9. The molecule has 1 rings (SSSR count). The van der Waals surface area contributed by atoms with E-state index in [9.17, 15) is 13.2 Å². The van der Waals surface area contributed by atoms with Crippen molar-refractivity contribution >= 4 is 15.6 Å². The van der Waals surface area contributed by atoms with Crippen LogP contribution in [0.15, 0.2) is 18.5 Å². The molecule has 0 saturated carbocycles. The predicted octanol–water partition coefficient (Wildman–Crippen LogP) is 1.79. The molecule has 0 saturated heterocycles. The molecule has 5 heteroatoms. The van der Waals surface area contributed by atoms with E-state index >= 15 is 0 Å². The molecule has 17 heavy (non-hydrogen) atoms.